The van der Waals surface area contributed by atoms with E-state index in [1.165, 1.54) is 24.3 Å². The van der Waals surface area contributed by atoms with Crippen LogP contribution in [-0.2, 0) is 6.54 Å². The normalized spacial score (nSPS) is 10.3. The fraction of sp³-hybridized carbons (Fsp3) is 0.0714. The molecule has 6 heteroatoms. The van der Waals surface area contributed by atoms with Crippen molar-refractivity contribution in [3.05, 3.63) is 64.2 Å². The number of carboxylic acid groups (broad SMARTS) is 1. The predicted molar refractivity (Wildman–Crippen MR) is 72.1 cm³/mol. The number of hydrogen-bond acceptors (Lipinski definition) is 2. The molecule has 2 aromatic rings. The first-order valence-electron chi connectivity index (χ1n) is 5.68. The topological polar surface area (TPSA) is 49.3 Å². The summed E-state index contributed by atoms with van der Waals surface area (Å²) in [6, 6.07) is 7.65. The molecule has 0 aromatic heterocycles. The summed E-state index contributed by atoms with van der Waals surface area (Å²) in [7, 11) is 0. The fourth-order valence-electron chi connectivity index (χ4n) is 1.64. The van der Waals surface area contributed by atoms with Crippen molar-refractivity contribution in [2.24, 2.45) is 0 Å². The minimum Gasteiger partial charge on any atom is -0.478 e. The zero-order valence-corrected chi connectivity index (χ0v) is 10.9. The minimum absolute atomic E-state index is 0.00723. The van der Waals surface area contributed by atoms with Gasteiger partial charge >= 0.3 is 5.97 Å². The van der Waals surface area contributed by atoms with Crippen molar-refractivity contribution < 1.29 is 18.7 Å². The average molecular weight is 298 g/mol. The number of hydrogen-bond donors (Lipinski definition) is 2. The second-order valence-corrected chi connectivity index (χ2v) is 4.51. The van der Waals surface area contributed by atoms with Crippen LogP contribution in [0.2, 0.25) is 5.02 Å². The van der Waals surface area contributed by atoms with E-state index in [4.69, 9.17) is 16.7 Å². The summed E-state index contributed by atoms with van der Waals surface area (Å²) in [5.74, 6) is -2.29. The molecule has 0 aliphatic carbocycles. The molecule has 3 nitrogen and oxygen atoms in total. The molecule has 20 heavy (non-hydrogen) atoms. The first-order valence-corrected chi connectivity index (χ1v) is 6.06. The second-order valence-electron chi connectivity index (χ2n) is 4.10. The molecule has 0 aliphatic heterocycles. The van der Waals surface area contributed by atoms with Crippen molar-refractivity contribution in [1.29, 1.82) is 0 Å². The Morgan fingerprint density at radius 2 is 1.90 bits per heavy atom. The van der Waals surface area contributed by atoms with E-state index < -0.39 is 17.6 Å². The standard InChI is InChI=1S/C14H10ClF2NO2/c15-10-3-1-8(5-12(10)17)7-18-13-6-9(14(19)20)2-4-11(13)16/h1-6,18H,7H2,(H,19,20). The van der Waals surface area contributed by atoms with E-state index in [1.54, 1.807) is 6.07 Å². The van der Waals surface area contributed by atoms with Gasteiger partial charge in [-0.1, -0.05) is 17.7 Å². The maximum atomic E-state index is 13.5. The first kappa shape index (κ1) is 14.3. The summed E-state index contributed by atoms with van der Waals surface area (Å²) in [5.41, 5.74) is 0.573. The quantitative estimate of drug-likeness (QED) is 0.899. The Hall–Kier alpha value is -2.14. The number of nitrogens with one attached hydrogen (secondary N) is 1. The van der Waals surface area contributed by atoms with Gasteiger partial charge in [0.25, 0.3) is 0 Å². The summed E-state index contributed by atoms with van der Waals surface area (Å²) in [5, 5.41) is 11.6. The molecule has 0 spiro atoms. The lowest BCUT2D eigenvalue weighted by molar-refractivity contribution is 0.0697. The fourth-order valence-corrected chi connectivity index (χ4v) is 1.76. The number of carbonyl (C=O) groups is 1. The third kappa shape index (κ3) is 3.24. The molecule has 0 radical (unpaired) electrons. The van der Waals surface area contributed by atoms with Crippen molar-refractivity contribution >= 4 is 23.3 Å². The molecule has 104 valence electrons. The molecule has 0 amide bonds. The molecule has 0 saturated carbocycles. The highest BCUT2D eigenvalue weighted by Gasteiger charge is 2.08. The number of rotatable bonds is 4. The molecular weight excluding hydrogens is 288 g/mol. The zero-order valence-electron chi connectivity index (χ0n) is 10.2. The first-order chi connectivity index (χ1) is 9.47. The van der Waals surface area contributed by atoms with E-state index in [9.17, 15) is 13.6 Å². The highest BCUT2D eigenvalue weighted by molar-refractivity contribution is 6.30. The Bertz CT molecular complexity index is 662. The maximum Gasteiger partial charge on any atom is 0.335 e. The van der Waals surface area contributed by atoms with Gasteiger partial charge in [0, 0.05) is 6.54 Å². The monoisotopic (exact) mass is 297 g/mol. The van der Waals surface area contributed by atoms with Gasteiger partial charge in [0.15, 0.2) is 0 Å². The Kier molecular flexibility index (Phi) is 4.20. The van der Waals surface area contributed by atoms with Crippen LogP contribution in [0, 0.1) is 11.6 Å². The molecule has 0 fully saturated rings. The van der Waals surface area contributed by atoms with E-state index in [0.29, 0.717) is 5.56 Å². The predicted octanol–water partition coefficient (Wildman–Crippen LogP) is 3.93. The summed E-state index contributed by atoms with van der Waals surface area (Å²) >= 11 is 5.56. The van der Waals surface area contributed by atoms with Gasteiger partial charge in [0.1, 0.15) is 11.6 Å². The molecule has 0 aliphatic rings. The Balaban J connectivity index is 2.15. The van der Waals surface area contributed by atoms with Crippen LogP contribution in [0.5, 0.6) is 0 Å². The van der Waals surface area contributed by atoms with E-state index in [-0.39, 0.29) is 22.8 Å². The molecule has 0 bridgehead atoms. The van der Waals surface area contributed by atoms with Crippen LogP contribution >= 0.6 is 11.6 Å². The smallest absolute Gasteiger partial charge is 0.335 e. The van der Waals surface area contributed by atoms with E-state index in [1.807, 2.05) is 0 Å². The van der Waals surface area contributed by atoms with Crippen LogP contribution in [0.3, 0.4) is 0 Å². The number of carboxylic acids is 1. The lowest BCUT2D eigenvalue weighted by atomic mass is 10.1. The SMILES string of the molecule is O=C(O)c1ccc(F)c(NCc2ccc(Cl)c(F)c2)c1. The van der Waals surface area contributed by atoms with Gasteiger partial charge in [-0.05, 0) is 35.9 Å². The third-order valence-corrected chi connectivity index (χ3v) is 2.99. The van der Waals surface area contributed by atoms with Gasteiger partial charge < -0.3 is 10.4 Å². The minimum atomic E-state index is -1.15. The molecule has 0 unspecified atom stereocenters. The van der Waals surface area contributed by atoms with Crippen LogP contribution in [0.1, 0.15) is 15.9 Å². The van der Waals surface area contributed by atoms with Crippen molar-refractivity contribution in [2.75, 3.05) is 5.32 Å². The third-order valence-electron chi connectivity index (χ3n) is 2.68. The van der Waals surface area contributed by atoms with Gasteiger partial charge in [0.05, 0.1) is 16.3 Å². The summed E-state index contributed by atoms with van der Waals surface area (Å²) in [4.78, 5) is 10.8. The van der Waals surface area contributed by atoms with Crippen LogP contribution in [0.4, 0.5) is 14.5 Å². The van der Waals surface area contributed by atoms with Crippen LogP contribution in [0.25, 0.3) is 0 Å². The lowest BCUT2D eigenvalue weighted by Gasteiger charge is -2.09. The van der Waals surface area contributed by atoms with Gasteiger partial charge in [-0.3, -0.25) is 0 Å². The molecule has 2 aromatic carbocycles. The molecule has 0 atom stereocenters. The van der Waals surface area contributed by atoms with Gasteiger partial charge in [-0.25, -0.2) is 13.6 Å². The lowest BCUT2D eigenvalue weighted by Crippen LogP contribution is -2.04. The van der Waals surface area contributed by atoms with Crippen LogP contribution < -0.4 is 5.32 Å². The molecule has 2 rings (SSSR count). The Morgan fingerprint density at radius 1 is 1.15 bits per heavy atom. The average Bonchev–Trinajstić information content (AvgIpc) is 2.41. The van der Waals surface area contributed by atoms with E-state index >= 15 is 0 Å². The van der Waals surface area contributed by atoms with Gasteiger partial charge in [0.2, 0.25) is 0 Å². The molecular formula is C14H10ClF2NO2. The van der Waals surface area contributed by atoms with E-state index in [0.717, 1.165) is 6.07 Å². The van der Waals surface area contributed by atoms with Gasteiger partial charge in [-0.15, -0.1) is 0 Å². The number of halogens is 3. The number of benzene rings is 2. The van der Waals surface area contributed by atoms with Crippen LogP contribution in [-0.4, -0.2) is 11.1 Å². The molecule has 0 saturated heterocycles. The van der Waals surface area contributed by atoms with Crippen molar-refractivity contribution in [3.8, 4) is 0 Å². The van der Waals surface area contributed by atoms with Gasteiger partial charge in [-0.2, -0.15) is 0 Å². The summed E-state index contributed by atoms with van der Waals surface area (Å²) in [6.45, 7) is 0.147. The largest absolute Gasteiger partial charge is 0.478 e. The van der Waals surface area contributed by atoms with Crippen LogP contribution in [0.15, 0.2) is 36.4 Å². The number of aromatic carboxylic acids is 1. The summed E-state index contributed by atoms with van der Waals surface area (Å²) < 4.78 is 26.8. The van der Waals surface area contributed by atoms with E-state index in [2.05, 4.69) is 5.32 Å². The zero-order chi connectivity index (χ0) is 14.7. The molecule has 2 N–H and O–H groups in total. The maximum absolute atomic E-state index is 13.5. The van der Waals surface area contributed by atoms with Crippen molar-refractivity contribution in [3.63, 3.8) is 0 Å². The highest BCUT2D eigenvalue weighted by Crippen LogP contribution is 2.19. The Morgan fingerprint density at radius 3 is 2.55 bits per heavy atom. The van der Waals surface area contributed by atoms with Crippen molar-refractivity contribution in [1.82, 2.24) is 0 Å². The number of anilines is 1. The Labute approximate surface area is 118 Å². The molecule has 0 heterocycles. The van der Waals surface area contributed by atoms with Crippen molar-refractivity contribution in [2.45, 2.75) is 6.54 Å². The highest BCUT2D eigenvalue weighted by atomic mass is 35.5. The second kappa shape index (κ2) is 5.88. The summed E-state index contributed by atoms with van der Waals surface area (Å²) in [6.07, 6.45) is 0.